The van der Waals surface area contributed by atoms with E-state index in [0.717, 1.165) is 0 Å². The van der Waals surface area contributed by atoms with Gasteiger partial charge in [0.2, 0.25) is 0 Å². The molecule has 1 aliphatic rings. The summed E-state index contributed by atoms with van der Waals surface area (Å²) < 4.78 is 0. The Hall–Kier alpha value is -0.720. The van der Waals surface area contributed by atoms with Crippen molar-refractivity contribution >= 4 is 0 Å². The summed E-state index contributed by atoms with van der Waals surface area (Å²) in [4.78, 5) is 0. The Morgan fingerprint density at radius 3 is 2.56 bits per heavy atom. The molecular formula is C8H13N. The van der Waals surface area contributed by atoms with Crippen molar-refractivity contribution in [1.82, 2.24) is 5.32 Å². The largest absolute Gasteiger partial charge is 0.391 e. The maximum atomic E-state index is 3.14. The van der Waals surface area contributed by atoms with Gasteiger partial charge in [-0.15, -0.1) is 0 Å². The fraction of sp³-hybridized carbons (Fsp3) is 0.500. The highest BCUT2D eigenvalue weighted by Crippen LogP contribution is 2.14. The van der Waals surface area contributed by atoms with E-state index in [9.17, 15) is 0 Å². The van der Waals surface area contributed by atoms with Crippen LogP contribution in [0.25, 0.3) is 0 Å². The standard InChI is InChI=1S/C8H13N/c1-7-3-5-8(9-2)6-4-7/h3,5,9H,4,6H2,1-2H3. The topological polar surface area (TPSA) is 12.0 Å². The predicted molar refractivity (Wildman–Crippen MR) is 40.1 cm³/mol. The molecule has 0 aromatic heterocycles. The van der Waals surface area contributed by atoms with Gasteiger partial charge in [-0.25, -0.2) is 0 Å². The van der Waals surface area contributed by atoms with E-state index in [1.807, 2.05) is 7.05 Å². The molecule has 0 aromatic carbocycles. The van der Waals surface area contributed by atoms with E-state index in [4.69, 9.17) is 0 Å². The average molecular weight is 123 g/mol. The summed E-state index contributed by atoms with van der Waals surface area (Å²) in [5, 5.41) is 3.14. The molecule has 0 heterocycles. The second-order valence-electron chi connectivity index (χ2n) is 2.45. The van der Waals surface area contributed by atoms with Crippen LogP contribution in [0.2, 0.25) is 0 Å². The van der Waals surface area contributed by atoms with Crippen LogP contribution in [0.5, 0.6) is 0 Å². The van der Waals surface area contributed by atoms with E-state index in [1.165, 1.54) is 24.1 Å². The Morgan fingerprint density at radius 1 is 1.33 bits per heavy atom. The van der Waals surface area contributed by atoms with Gasteiger partial charge in [0.25, 0.3) is 0 Å². The summed E-state index contributed by atoms with van der Waals surface area (Å²) in [6.07, 6.45) is 6.72. The van der Waals surface area contributed by atoms with Crippen molar-refractivity contribution in [2.75, 3.05) is 7.05 Å². The summed E-state index contributed by atoms with van der Waals surface area (Å²) in [5.41, 5.74) is 2.83. The van der Waals surface area contributed by atoms with Crippen LogP contribution in [-0.4, -0.2) is 7.05 Å². The van der Waals surface area contributed by atoms with Crippen LogP contribution in [0.15, 0.2) is 23.4 Å². The van der Waals surface area contributed by atoms with E-state index in [-0.39, 0.29) is 0 Å². The van der Waals surface area contributed by atoms with E-state index in [0.29, 0.717) is 0 Å². The molecule has 0 aliphatic heterocycles. The molecule has 0 bridgehead atoms. The zero-order chi connectivity index (χ0) is 6.69. The lowest BCUT2D eigenvalue weighted by molar-refractivity contribution is 0.814. The smallest absolute Gasteiger partial charge is 0.0107 e. The third-order valence-corrected chi connectivity index (χ3v) is 1.68. The van der Waals surface area contributed by atoms with E-state index < -0.39 is 0 Å². The molecule has 0 atom stereocenters. The number of nitrogens with one attached hydrogen (secondary N) is 1. The Kier molecular flexibility index (Phi) is 1.93. The number of rotatable bonds is 1. The summed E-state index contributed by atoms with van der Waals surface area (Å²) in [5.74, 6) is 0. The minimum Gasteiger partial charge on any atom is -0.391 e. The Labute approximate surface area is 56.5 Å². The average Bonchev–Trinajstić information content (AvgIpc) is 1.90. The van der Waals surface area contributed by atoms with Crippen molar-refractivity contribution in [3.8, 4) is 0 Å². The van der Waals surface area contributed by atoms with Crippen molar-refractivity contribution in [3.05, 3.63) is 23.4 Å². The zero-order valence-electron chi connectivity index (χ0n) is 6.07. The Balaban J connectivity index is 2.59. The highest BCUT2D eigenvalue weighted by molar-refractivity contribution is 5.21. The van der Waals surface area contributed by atoms with Gasteiger partial charge in [0, 0.05) is 12.7 Å². The first-order valence-electron chi connectivity index (χ1n) is 3.37. The van der Waals surface area contributed by atoms with Crippen LogP contribution in [0.4, 0.5) is 0 Å². The van der Waals surface area contributed by atoms with Crippen molar-refractivity contribution in [2.24, 2.45) is 0 Å². The molecular weight excluding hydrogens is 110 g/mol. The van der Waals surface area contributed by atoms with Gasteiger partial charge in [-0.2, -0.15) is 0 Å². The molecule has 0 spiro atoms. The van der Waals surface area contributed by atoms with Crippen molar-refractivity contribution in [3.63, 3.8) is 0 Å². The van der Waals surface area contributed by atoms with Crippen LogP contribution in [0, 0.1) is 0 Å². The molecule has 1 nitrogen and oxygen atoms in total. The van der Waals surface area contributed by atoms with Crippen LogP contribution >= 0.6 is 0 Å². The van der Waals surface area contributed by atoms with Crippen LogP contribution in [0.1, 0.15) is 19.8 Å². The van der Waals surface area contributed by atoms with Crippen LogP contribution in [-0.2, 0) is 0 Å². The van der Waals surface area contributed by atoms with E-state index >= 15 is 0 Å². The maximum Gasteiger partial charge on any atom is 0.0107 e. The molecule has 50 valence electrons. The molecule has 0 fully saturated rings. The van der Waals surface area contributed by atoms with Gasteiger partial charge in [-0.3, -0.25) is 0 Å². The van der Waals surface area contributed by atoms with Gasteiger partial charge in [0.1, 0.15) is 0 Å². The molecule has 1 rings (SSSR count). The van der Waals surface area contributed by atoms with Crippen molar-refractivity contribution < 1.29 is 0 Å². The summed E-state index contributed by atoms with van der Waals surface area (Å²) >= 11 is 0. The summed E-state index contributed by atoms with van der Waals surface area (Å²) in [6.45, 7) is 2.17. The highest BCUT2D eigenvalue weighted by atomic mass is 14.8. The van der Waals surface area contributed by atoms with Gasteiger partial charge in [-0.1, -0.05) is 11.6 Å². The molecule has 0 amide bonds. The lowest BCUT2D eigenvalue weighted by Crippen LogP contribution is -2.07. The molecule has 0 unspecified atom stereocenters. The highest BCUT2D eigenvalue weighted by Gasteiger charge is 1.98. The minimum absolute atomic E-state index is 1.18. The molecule has 0 aromatic rings. The fourth-order valence-electron chi connectivity index (χ4n) is 0.950. The third-order valence-electron chi connectivity index (χ3n) is 1.68. The summed E-state index contributed by atoms with van der Waals surface area (Å²) in [6, 6.07) is 0. The lowest BCUT2D eigenvalue weighted by Gasteiger charge is -2.10. The first-order valence-corrected chi connectivity index (χ1v) is 3.37. The second-order valence-corrected chi connectivity index (χ2v) is 2.45. The fourth-order valence-corrected chi connectivity index (χ4v) is 0.950. The number of allylic oxidation sites excluding steroid dienone is 4. The minimum atomic E-state index is 1.18. The number of hydrogen-bond acceptors (Lipinski definition) is 1. The first-order chi connectivity index (χ1) is 4.33. The molecule has 1 N–H and O–H groups in total. The van der Waals surface area contributed by atoms with Crippen LogP contribution in [0.3, 0.4) is 0 Å². The third kappa shape index (κ3) is 1.60. The zero-order valence-corrected chi connectivity index (χ0v) is 6.07. The first kappa shape index (κ1) is 6.40. The van der Waals surface area contributed by atoms with Gasteiger partial charge < -0.3 is 5.32 Å². The quantitative estimate of drug-likeness (QED) is 0.561. The molecule has 9 heavy (non-hydrogen) atoms. The van der Waals surface area contributed by atoms with Gasteiger partial charge in [0.15, 0.2) is 0 Å². The molecule has 0 saturated carbocycles. The predicted octanol–water partition coefficient (Wildman–Crippen LogP) is 1.83. The van der Waals surface area contributed by atoms with E-state index in [2.05, 4.69) is 24.4 Å². The van der Waals surface area contributed by atoms with Gasteiger partial charge >= 0.3 is 0 Å². The van der Waals surface area contributed by atoms with Gasteiger partial charge in [0.05, 0.1) is 0 Å². The maximum absolute atomic E-state index is 3.14. The molecule has 1 heteroatoms. The van der Waals surface area contributed by atoms with E-state index in [1.54, 1.807) is 0 Å². The van der Waals surface area contributed by atoms with Gasteiger partial charge in [-0.05, 0) is 25.8 Å². The molecule has 0 saturated heterocycles. The molecule has 1 aliphatic carbocycles. The second kappa shape index (κ2) is 2.72. The Bertz CT molecular complexity index is 154. The normalized spacial score (nSPS) is 18.4. The van der Waals surface area contributed by atoms with Crippen LogP contribution < -0.4 is 5.32 Å². The van der Waals surface area contributed by atoms with Crippen molar-refractivity contribution in [1.29, 1.82) is 0 Å². The summed E-state index contributed by atoms with van der Waals surface area (Å²) in [7, 11) is 1.97. The number of hydrogen-bond donors (Lipinski definition) is 1. The SMILES string of the molecule is CNC1=CC=C(C)CC1. The monoisotopic (exact) mass is 123 g/mol. The lowest BCUT2D eigenvalue weighted by atomic mass is 10.0. The molecule has 0 radical (unpaired) electrons. The Morgan fingerprint density at radius 2 is 2.11 bits per heavy atom. The van der Waals surface area contributed by atoms with Crippen molar-refractivity contribution in [2.45, 2.75) is 19.8 Å².